The number of halogens is 2. The third kappa shape index (κ3) is 4.91. The Kier molecular flexibility index (Phi) is 6.45. The molecule has 1 aliphatic rings. The molecule has 26 heavy (non-hydrogen) atoms. The number of hydrogen-bond acceptors (Lipinski definition) is 7. The van der Waals surface area contributed by atoms with Crippen LogP contribution in [0, 0.1) is 0 Å². The number of thioether (sulfide) groups is 1. The number of benzene rings is 1. The Morgan fingerprint density at radius 2 is 1.73 bits per heavy atom. The van der Waals surface area contributed by atoms with Crippen LogP contribution >= 0.6 is 35.0 Å². The van der Waals surface area contributed by atoms with E-state index in [0.717, 1.165) is 37.5 Å². The van der Waals surface area contributed by atoms with Gasteiger partial charge < -0.3 is 15.5 Å². The smallest absolute Gasteiger partial charge is 0.230 e. The molecule has 2 aromatic rings. The van der Waals surface area contributed by atoms with Gasteiger partial charge in [-0.1, -0.05) is 30.1 Å². The van der Waals surface area contributed by atoms with Gasteiger partial charge in [0.1, 0.15) is 5.82 Å². The van der Waals surface area contributed by atoms with Gasteiger partial charge in [0.2, 0.25) is 11.9 Å². The number of nitrogens with two attached hydrogens (primary N) is 1. The molecule has 2 N–H and O–H groups in total. The van der Waals surface area contributed by atoms with Crippen molar-refractivity contribution in [2.45, 2.75) is 23.5 Å². The Labute approximate surface area is 168 Å². The fourth-order valence-electron chi connectivity index (χ4n) is 2.77. The van der Waals surface area contributed by atoms with E-state index in [9.17, 15) is 0 Å². The normalized spacial score (nSPS) is 16.7. The van der Waals surface area contributed by atoms with Crippen LogP contribution < -0.4 is 10.6 Å². The van der Waals surface area contributed by atoms with Crippen LogP contribution in [0.3, 0.4) is 0 Å². The van der Waals surface area contributed by atoms with Gasteiger partial charge in [0.25, 0.3) is 0 Å². The Morgan fingerprint density at radius 1 is 1.08 bits per heavy atom. The van der Waals surface area contributed by atoms with Crippen molar-refractivity contribution < 1.29 is 0 Å². The first kappa shape index (κ1) is 19.5. The zero-order chi connectivity index (χ0) is 18.7. The lowest BCUT2D eigenvalue weighted by atomic mass is 10.3. The van der Waals surface area contributed by atoms with E-state index in [1.165, 1.54) is 0 Å². The van der Waals surface area contributed by atoms with Gasteiger partial charge in [-0.15, -0.1) is 11.8 Å². The summed E-state index contributed by atoms with van der Waals surface area (Å²) in [5, 5.41) is 1.27. The molecule has 6 nitrogen and oxygen atoms in total. The highest BCUT2D eigenvalue weighted by molar-refractivity contribution is 7.99. The molecule has 140 valence electrons. The van der Waals surface area contributed by atoms with Gasteiger partial charge >= 0.3 is 0 Å². The maximum absolute atomic E-state index is 6.12. The first-order valence-electron chi connectivity index (χ1n) is 8.52. The molecule has 9 heteroatoms. The quantitative estimate of drug-likeness (QED) is 0.749. The standard InChI is InChI=1S/C17H22Cl2N6S/c1-3-14(26-13-9-11(18)8-12(19)10-13)15-21-16(20)23-17(22-15)25-6-4-24(2)5-7-25/h8-10,14H,3-7H2,1-2H3,(H2,20,21,22,23). The molecule has 1 atom stereocenters. The van der Waals surface area contributed by atoms with Gasteiger partial charge in [0.05, 0.1) is 5.25 Å². The highest BCUT2D eigenvalue weighted by atomic mass is 35.5. The largest absolute Gasteiger partial charge is 0.368 e. The SMILES string of the molecule is CCC(Sc1cc(Cl)cc(Cl)c1)c1nc(N)nc(N2CCN(C)CC2)n1. The van der Waals surface area contributed by atoms with E-state index in [1.54, 1.807) is 17.8 Å². The van der Waals surface area contributed by atoms with Crippen molar-refractivity contribution in [2.24, 2.45) is 0 Å². The monoisotopic (exact) mass is 412 g/mol. The second kappa shape index (κ2) is 8.61. The predicted octanol–water partition coefficient (Wildman–Crippen LogP) is 3.76. The molecule has 0 saturated carbocycles. The van der Waals surface area contributed by atoms with Gasteiger partial charge in [0.15, 0.2) is 0 Å². The van der Waals surface area contributed by atoms with Crippen LogP contribution in [0.2, 0.25) is 10.0 Å². The van der Waals surface area contributed by atoms with E-state index < -0.39 is 0 Å². The first-order chi connectivity index (χ1) is 12.4. The molecule has 2 heterocycles. The Morgan fingerprint density at radius 3 is 2.35 bits per heavy atom. The number of aromatic nitrogens is 3. The summed E-state index contributed by atoms with van der Waals surface area (Å²) in [5.41, 5.74) is 5.98. The minimum absolute atomic E-state index is 0.0426. The third-order valence-corrected chi connectivity index (χ3v) is 5.99. The first-order valence-corrected chi connectivity index (χ1v) is 10.2. The molecule has 1 aromatic heterocycles. The van der Waals surface area contributed by atoms with E-state index in [1.807, 2.05) is 12.1 Å². The molecule has 0 aliphatic carbocycles. The van der Waals surface area contributed by atoms with Crippen molar-refractivity contribution in [1.82, 2.24) is 19.9 Å². The summed E-state index contributed by atoms with van der Waals surface area (Å²) < 4.78 is 0. The second-order valence-corrected chi connectivity index (χ2v) is 8.41. The number of nitrogen functional groups attached to an aromatic ring is 1. The Hall–Kier alpha value is -1.28. The van der Waals surface area contributed by atoms with E-state index in [-0.39, 0.29) is 11.2 Å². The predicted molar refractivity (Wildman–Crippen MR) is 109 cm³/mol. The summed E-state index contributed by atoms with van der Waals surface area (Å²) in [6, 6.07) is 5.51. The number of hydrogen-bond donors (Lipinski definition) is 1. The van der Waals surface area contributed by atoms with Crippen molar-refractivity contribution in [1.29, 1.82) is 0 Å². The number of piperazine rings is 1. The van der Waals surface area contributed by atoms with Crippen molar-refractivity contribution in [3.63, 3.8) is 0 Å². The summed E-state index contributed by atoms with van der Waals surface area (Å²) in [5.74, 6) is 1.60. The third-order valence-electron chi connectivity index (χ3n) is 4.22. The summed E-state index contributed by atoms with van der Waals surface area (Å²) >= 11 is 13.9. The maximum Gasteiger partial charge on any atom is 0.230 e. The van der Waals surface area contributed by atoms with Crippen LogP contribution in [0.5, 0.6) is 0 Å². The Bertz CT molecular complexity index is 747. The number of anilines is 2. The van der Waals surface area contributed by atoms with Gasteiger partial charge in [0, 0.05) is 41.1 Å². The molecule has 1 aromatic carbocycles. The van der Waals surface area contributed by atoms with Crippen LogP contribution in [-0.4, -0.2) is 53.1 Å². The average molecular weight is 413 g/mol. The van der Waals surface area contributed by atoms with Crippen LogP contribution in [0.15, 0.2) is 23.1 Å². The second-order valence-electron chi connectivity index (χ2n) is 6.26. The molecule has 3 rings (SSSR count). The summed E-state index contributed by atoms with van der Waals surface area (Å²) in [6.45, 7) is 5.82. The van der Waals surface area contributed by atoms with E-state index in [2.05, 4.69) is 33.7 Å². The molecule has 1 saturated heterocycles. The summed E-state index contributed by atoms with van der Waals surface area (Å²) in [7, 11) is 2.12. The highest BCUT2D eigenvalue weighted by Crippen LogP contribution is 2.38. The molecular formula is C17H22Cl2N6S. The molecule has 1 unspecified atom stereocenters. The van der Waals surface area contributed by atoms with E-state index in [0.29, 0.717) is 21.8 Å². The van der Waals surface area contributed by atoms with Crippen molar-refractivity contribution in [2.75, 3.05) is 43.9 Å². The lowest BCUT2D eigenvalue weighted by Crippen LogP contribution is -2.45. The zero-order valence-electron chi connectivity index (χ0n) is 14.8. The van der Waals surface area contributed by atoms with Crippen molar-refractivity contribution in [3.8, 4) is 0 Å². The maximum atomic E-state index is 6.12. The molecule has 0 amide bonds. The number of rotatable bonds is 5. The highest BCUT2D eigenvalue weighted by Gasteiger charge is 2.21. The fraction of sp³-hybridized carbons (Fsp3) is 0.471. The molecule has 0 spiro atoms. The lowest BCUT2D eigenvalue weighted by Gasteiger charge is -2.32. The number of likely N-dealkylation sites (N-methyl/N-ethyl adjacent to an activating group) is 1. The van der Waals surface area contributed by atoms with Crippen LogP contribution in [0.4, 0.5) is 11.9 Å². The lowest BCUT2D eigenvalue weighted by molar-refractivity contribution is 0.311. The van der Waals surface area contributed by atoms with E-state index >= 15 is 0 Å². The van der Waals surface area contributed by atoms with Gasteiger partial charge in [-0.2, -0.15) is 15.0 Å². The van der Waals surface area contributed by atoms with Crippen molar-refractivity contribution in [3.05, 3.63) is 34.1 Å². The molecule has 0 bridgehead atoms. The van der Waals surface area contributed by atoms with Crippen LogP contribution in [0.25, 0.3) is 0 Å². The van der Waals surface area contributed by atoms with Gasteiger partial charge in [-0.05, 0) is 31.7 Å². The minimum Gasteiger partial charge on any atom is -0.368 e. The topological polar surface area (TPSA) is 71.2 Å². The van der Waals surface area contributed by atoms with Crippen molar-refractivity contribution >= 4 is 46.9 Å². The fourth-order valence-corrected chi connectivity index (χ4v) is 4.52. The summed E-state index contributed by atoms with van der Waals surface area (Å²) in [6.07, 6.45) is 0.848. The zero-order valence-corrected chi connectivity index (χ0v) is 17.2. The average Bonchev–Trinajstić information content (AvgIpc) is 2.59. The number of nitrogens with zero attached hydrogens (tertiary/aromatic N) is 5. The van der Waals surface area contributed by atoms with Crippen LogP contribution in [-0.2, 0) is 0 Å². The summed E-state index contributed by atoms with van der Waals surface area (Å²) in [4.78, 5) is 18.9. The van der Waals surface area contributed by atoms with E-state index in [4.69, 9.17) is 33.9 Å². The molecule has 0 radical (unpaired) electrons. The molecule has 1 fully saturated rings. The Balaban J connectivity index is 1.83. The van der Waals surface area contributed by atoms with Gasteiger partial charge in [-0.25, -0.2) is 0 Å². The van der Waals surface area contributed by atoms with Gasteiger partial charge in [-0.3, -0.25) is 0 Å². The minimum atomic E-state index is 0.0426. The molecular weight excluding hydrogens is 391 g/mol. The van der Waals surface area contributed by atoms with Crippen LogP contribution in [0.1, 0.15) is 24.4 Å². The molecule has 1 aliphatic heterocycles.